The molecule has 1 fully saturated rings. The number of nitrogens with one attached hydrogen (secondary N) is 1. The molecular weight excluding hydrogens is 262 g/mol. The third kappa shape index (κ3) is 4.83. The van der Waals surface area contributed by atoms with E-state index in [4.69, 9.17) is 5.73 Å². The number of carbonyl (C=O) groups is 1. The van der Waals surface area contributed by atoms with Crippen LogP contribution in [0.15, 0.2) is 24.3 Å². The van der Waals surface area contributed by atoms with Crippen molar-refractivity contribution in [2.75, 3.05) is 18.4 Å². The maximum Gasteiger partial charge on any atom is 0.238 e. The molecule has 0 unspecified atom stereocenters. The molecular formula is C17H27N3O. The van der Waals surface area contributed by atoms with Crippen molar-refractivity contribution in [3.63, 3.8) is 0 Å². The molecule has 3 N–H and O–H groups in total. The SMILES string of the molecule is CCN(CC(=O)Nc1ccc(CN)cc1)C1CCCCC1. The number of carbonyl (C=O) groups excluding carboxylic acids is 1. The van der Waals surface area contributed by atoms with Crippen LogP contribution in [0.25, 0.3) is 0 Å². The van der Waals surface area contributed by atoms with Gasteiger partial charge in [-0.05, 0) is 37.1 Å². The van der Waals surface area contributed by atoms with Crippen LogP contribution in [-0.2, 0) is 11.3 Å². The summed E-state index contributed by atoms with van der Waals surface area (Å²) in [5.41, 5.74) is 7.49. The van der Waals surface area contributed by atoms with Gasteiger partial charge in [-0.3, -0.25) is 9.69 Å². The summed E-state index contributed by atoms with van der Waals surface area (Å²) >= 11 is 0. The Morgan fingerprint density at radius 1 is 1.24 bits per heavy atom. The third-order valence-corrected chi connectivity index (χ3v) is 4.32. The molecule has 4 nitrogen and oxygen atoms in total. The second kappa shape index (κ2) is 8.15. The fourth-order valence-electron chi connectivity index (χ4n) is 3.05. The molecule has 0 saturated heterocycles. The minimum atomic E-state index is 0.0721. The van der Waals surface area contributed by atoms with Gasteiger partial charge in [0.2, 0.25) is 5.91 Å². The number of anilines is 1. The minimum Gasteiger partial charge on any atom is -0.326 e. The maximum atomic E-state index is 12.2. The molecule has 0 aliphatic heterocycles. The van der Waals surface area contributed by atoms with Crippen molar-refractivity contribution in [1.82, 2.24) is 4.90 Å². The van der Waals surface area contributed by atoms with Crippen molar-refractivity contribution >= 4 is 11.6 Å². The Hall–Kier alpha value is -1.39. The number of hydrogen-bond acceptors (Lipinski definition) is 3. The Balaban J connectivity index is 1.86. The van der Waals surface area contributed by atoms with E-state index in [0.717, 1.165) is 17.8 Å². The highest BCUT2D eigenvalue weighted by molar-refractivity contribution is 5.92. The van der Waals surface area contributed by atoms with Crippen LogP contribution in [0, 0.1) is 0 Å². The number of hydrogen-bond donors (Lipinski definition) is 2. The minimum absolute atomic E-state index is 0.0721. The molecule has 0 spiro atoms. The second-order valence-electron chi connectivity index (χ2n) is 5.80. The summed E-state index contributed by atoms with van der Waals surface area (Å²) in [6.45, 7) is 4.08. The van der Waals surface area contributed by atoms with Crippen molar-refractivity contribution < 1.29 is 4.79 Å². The van der Waals surface area contributed by atoms with Gasteiger partial charge >= 0.3 is 0 Å². The van der Waals surface area contributed by atoms with E-state index in [1.807, 2.05) is 24.3 Å². The van der Waals surface area contributed by atoms with E-state index in [-0.39, 0.29) is 5.91 Å². The average molecular weight is 289 g/mol. The molecule has 1 aromatic rings. The predicted octanol–water partition coefficient (Wildman–Crippen LogP) is 2.74. The molecule has 1 saturated carbocycles. The lowest BCUT2D eigenvalue weighted by Gasteiger charge is -2.32. The summed E-state index contributed by atoms with van der Waals surface area (Å²) in [6, 6.07) is 8.31. The van der Waals surface area contributed by atoms with Crippen LogP contribution in [0.4, 0.5) is 5.69 Å². The second-order valence-corrected chi connectivity index (χ2v) is 5.80. The van der Waals surface area contributed by atoms with E-state index < -0.39 is 0 Å². The highest BCUT2D eigenvalue weighted by Crippen LogP contribution is 2.22. The zero-order valence-corrected chi connectivity index (χ0v) is 13.0. The highest BCUT2D eigenvalue weighted by Gasteiger charge is 2.21. The van der Waals surface area contributed by atoms with E-state index in [0.29, 0.717) is 19.1 Å². The number of amides is 1. The average Bonchev–Trinajstić information content (AvgIpc) is 2.54. The first kappa shape index (κ1) is 16.0. The summed E-state index contributed by atoms with van der Waals surface area (Å²) < 4.78 is 0. The van der Waals surface area contributed by atoms with Gasteiger partial charge in [0, 0.05) is 18.3 Å². The lowest BCUT2D eigenvalue weighted by atomic mass is 9.94. The van der Waals surface area contributed by atoms with Gasteiger partial charge in [-0.2, -0.15) is 0 Å². The molecule has 0 radical (unpaired) electrons. The zero-order chi connectivity index (χ0) is 15.1. The molecule has 0 aromatic heterocycles. The van der Waals surface area contributed by atoms with Crippen molar-refractivity contribution in [2.45, 2.75) is 51.6 Å². The fraction of sp³-hybridized carbons (Fsp3) is 0.588. The van der Waals surface area contributed by atoms with Crippen LogP contribution in [0.1, 0.15) is 44.6 Å². The van der Waals surface area contributed by atoms with Gasteiger partial charge in [-0.1, -0.05) is 38.3 Å². The molecule has 1 aliphatic rings. The van der Waals surface area contributed by atoms with Gasteiger partial charge in [0.15, 0.2) is 0 Å². The smallest absolute Gasteiger partial charge is 0.238 e. The first-order chi connectivity index (χ1) is 10.2. The molecule has 116 valence electrons. The van der Waals surface area contributed by atoms with Crippen molar-refractivity contribution in [3.05, 3.63) is 29.8 Å². The van der Waals surface area contributed by atoms with Gasteiger partial charge in [0.05, 0.1) is 6.54 Å². The molecule has 0 atom stereocenters. The van der Waals surface area contributed by atoms with Gasteiger partial charge in [-0.25, -0.2) is 0 Å². The van der Waals surface area contributed by atoms with E-state index >= 15 is 0 Å². The van der Waals surface area contributed by atoms with Crippen LogP contribution in [0.3, 0.4) is 0 Å². The molecule has 1 aliphatic carbocycles. The number of likely N-dealkylation sites (N-methyl/N-ethyl adjacent to an activating group) is 1. The van der Waals surface area contributed by atoms with E-state index in [9.17, 15) is 4.79 Å². The Bertz CT molecular complexity index is 438. The lowest BCUT2D eigenvalue weighted by molar-refractivity contribution is -0.118. The highest BCUT2D eigenvalue weighted by atomic mass is 16.2. The lowest BCUT2D eigenvalue weighted by Crippen LogP contribution is -2.41. The number of nitrogens with zero attached hydrogens (tertiary/aromatic N) is 1. The van der Waals surface area contributed by atoms with E-state index in [1.54, 1.807) is 0 Å². The fourth-order valence-corrected chi connectivity index (χ4v) is 3.05. The van der Waals surface area contributed by atoms with Gasteiger partial charge in [0.1, 0.15) is 0 Å². The zero-order valence-electron chi connectivity index (χ0n) is 13.0. The normalized spacial score (nSPS) is 16.1. The van der Waals surface area contributed by atoms with Crippen LogP contribution < -0.4 is 11.1 Å². The van der Waals surface area contributed by atoms with Crippen molar-refractivity contribution in [2.24, 2.45) is 5.73 Å². The van der Waals surface area contributed by atoms with Gasteiger partial charge in [0.25, 0.3) is 0 Å². The molecule has 1 aromatic carbocycles. The number of nitrogens with two attached hydrogens (primary N) is 1. The maximum absolute atomic E-state index is 12.2. The molecule has 4 heteroatoms. The quantitative estimate of drug-likeness (QED) is 0.846. The van der Waals surface area contributed by atoms with E-state index in [2.05, 4.69) is 17.1 Å². The third-order valence-electron chi connectivity index (χ3n) is 4.32. The van der Waals surface area contributed by atoms with Crippen LogP contribution in [0.2, 0.25) is 0 Å². The molecule has 2 rings (SSSR count). The van der Waals surface area contributed by atoms with Crippen LogP contribution >= 0.6 is 0 Å². The Morgan fingerprint density at radius 2 is 1.90 bits per heavy atom. The Kier molecular flexibility index (Phi) is 6.21. The van der Waals surface area contributed by atoms with Gasteiger partial charge < -0.3 is 11.1 Å². The summed E-state index contributed by atoms with van der Waals surface area (Å²) in [5.74, 6) is 0.0721. The largest absolute Gasteiger partial charge is 0.326 e. The van der Waals surface area contributed by atoms with E-state index in [1.165, 1.54) is 32.1 Å². The standard InChI is InChI=1S/C17H27N3O/c1-2-20(16-6-4-3-5-7-16)13-17(21)19-15-10-8-14(12-18)9-11-15/h8-11,16H,2-7,12-13,18H2,1H3,(H,19,21). The monoisotopic (exact) mass is 289 g/mol. The Morgan fingerprint density at radius 3 is 2.48 bits per heavy atom. The van der Waals surface area contributed by atoms with Crippen molar-refractivity contribution in [3.8, 4) is 0 Å². The van der Waals surface area contributed by atoms with Gasteiger partial charge in [-0.15, -0.1) is 0 Å². The van der Waals surface area contributed by atoms with Crippen LogP contribution in [0.5, 0.6) is 0 Å². The summed E-state index contributed by atoms with van der Waals surface area (Å²) in [7, 11) is 0. The molecule has 1 amide bonds. The molecule has 0 bridgehead atoms. The Labute approximate surface area is 127 Å². The first-order valence-corrected chi connectivity index (χ1v) is 8.06. The number of benzene rings is 1. The van der Waals surface area contributed by atoms with Crippen molar-refractivity contribution in [1.29, 1.82) is 0 Å². The first-order valence-electron chi connectivity index (χ1n) is 8.06. The summed E-state index contributed by atoms with van der Waals surface area (Å²) in [4.78, 5) is 14.5. The van der Waals surface area contributed by atoms with Crippen LogP contribution in [-0.4, -0.2) is 29.9 Å². The summed E-state index contributed by atoms with van der Waals surface area (Å²) in [5, 5.41) is 2.98. The molecule has 21 heavy (non-hydrogen) atoms. The summed E-state index contributed by atoms with van der Waals surface area (Å²) in [6.07, 6.45) is 6.39. The topological polar surface area (TPSA) is 58.4 Å². The number of rotatable bonds is 6. The molecule has 0 heterocycles. The predicted molar refractivity (Wildman–Crippen MR) is 87.1 cm³/mol.